The molecule has 4 aromatic rings. The van der Waals surface area contributed by atoms with Crippen molar-refractivity contribution in [2.24, 2.45) is 0 Å². The Morgan fingerprint density at radius 1 is 1.26 bits per heavy atom. The molecule has 0 atom stereocenters. The van der Waals surface area contributed by atoms with Crippen LogP contribution in [0.2, 0.25) is 0 Å². The second kappa shape index (κ2) is 6.28. The minimum atomic E-state index is -0.105. The zero-order valence-corrected chi connectivity index (χ0v) is 15.5. The zero-order chi connectivity index (χ0) is 18.4. The fourth-order valence-electron chi connectivity index (χ4n) is 3.37. The number of carbonyl (C=O) groups is 1. The molecule has 0 unspecified atom stereocenters. The molecule has 0 saturated heterocycles. The third kappa shape index (κ3) is 2.90. The molecule has 4 aromatic heterocycles. The molecule has 5 rings (SSSR count). The SMILES string of the molecule is Cc1cc(NC(=O)c2snc(-c3cccn4nccc34)c2C2CC2)ccn1. The van der Waals surface area contributed by atoms with Gasteiger partial charge in [0.25, 0.3) is 5.91 Å². The van der Waals surface area contributed by atoms with Gasteiger partial charge in [0.1, 0.15) is 4.88 Å². The van der Waals surface area contributed by atoms with E-state index in [9.17, 15) is 4.79 Å². The van der Waals surface area contributed by atoms with Gasteiger partial charge in [-0.1, -0.05) is 0 Å². The van der Waals surface area contributed by atoms with Crippen LogP contribution in [0, 0.1) is 6.92 Å². The summed E-state index contributed by atoms with van der Waals surface area (Å²) in [5, 5.41) is 7.30. The average Bonchev–Trinajstić information content (AvgIpc) is 3.21. The van der Waals surface area contributed by atoms with Crippen molar-refractivity contribution in [2.75, 3.05) is 5.32 Å². The first-order valence-electron chi connectivity index (χ1n) is 8.87. The number of fused-ring (bicyclic) bond motifs is 1. The van der Waals surface area contributed by atoms with Gasteiger partial charge in [-0.05, 0) is 67.5 Å². The van der Waals surface area contributed by atoms with Crippen LogP contribution in [-0.2, 0) is 0 Å². The third-order valence-electron chi connectivity index (χ3n) is 4.77. The van der Waals surface area contributed by atoms with Crippen molar-refractivity contribution >= 4 is 28.6 Å². The molecule has 7 heteroatoms. The van der Waals surface area contributed by atoms with Crippen LogP contribution in [0.4, 0.5) is 5.69 Å². The molecule has 6 nitrogen and oxygen atoms in total. The minimum Gasteiger partial charge on any atom is -0.321 e. The highest BCUT2D eigenvalue weighted by atomic mass is 32.1. The van der Waals surface area contributed by atoms with E-state index in [1.165, 1.54) is 11.5 Å². The van der Waals surface area contributed by atoms with E-state index in [-0.39, 0.29) is 5.91 Å². The number of anilines is 1. The highest BCUT2D eigenvalue weighted by Gasteiger charge is 2.34. The molecule has 27 heavy (non-hydrogen) atoms. The lowest BCUT2D eigenvalue weighted by molar-refractivity contribution is 0.102. The lowest BCUT2D eigenvalue weighted by Crippen LogP contribution is -2.12. The van der Waals surface area contributed by atoms with Crippen molar-refractivity contribution < 1.29 is 4.79 Å². The Balaban J connectivity index is 1.57. The Kier molecular flexibility index (Phi) is 3.75. The normalized spacial score (nSPS) is 13.8. The Labute approximate surface area is 160 Å². The van der Waals surface area contributed by atoms with Crippen molar-refractivity contribution in [3.05, 3.63) is 65.1 Å². The number of hydrogen-bond donors (Lipinski definition) is 1. The third-order valence-corrected chi connectivity index (χ3v) is 5.63. The first-order valence-corrected chi connectivity index (χ1v) is 9.64. The fraction of sp³-hybridized carbons (Fsp3) is 0.200. The van der Waals surface area contributed by atoms with Crippen molar-refractivity contribution in [3.8, 4) is 11.3 Å². The number of aryl methyl sites for hydroxylation is 1. The summed E-state index contributed by atoms with van der Waals surface area (Å²) >= 11 is 1.27. The molecule has 0 aromatic carbocycles. The lowest BCUT2D eigenvalue weighted by Gasteiger charge is -2.08. The van der Waals surface area contributed by atoms with Gasteiger partial charge in [0.2, 0.25) is 0 Å². The van der Waals surface area contributed by atoms with Crippen molar-refractivity contribution in [3.63, 3.8) is 0 Å². The predicted octanol–water partition coefficient (Wildman–Crippen LogP) is 4.29. The summed E-state index contributed by atoms with van der Waals surface area (Å²) in [7, 11) is 0. The Morgan fingerprint density at radius 3 is 2.96 bits per heavy atom. The lowest BCUT2D eigenvalue weighted by atomic mass is 10.0. The van der Waals surface area contributed by atoms with E-state index in [4.69, 9.17) is 0 Å². The molecule has 134 valence electrons. The number of hydrogen-bond acceptors (Lipinski definition) is 5. The second-order valence-corrected chi connectivity index (χ2v) is 7.54. The molecule has 0 radical (unpaired) electrons. The molecule has 1 N–H and O–H groups in total. The molecular weight excluding hydrogens is 358 g/mol. The smallest absolute Gasteiger partial charge is 0.267 e. The Bertz CT molecular complexity index is 1160. The van der Waals surface area contributed by atoms with Gasteiger partial charge >= 0.3 is 0 Å². The van der Waals surface area contributed by atoms with E-state index in [0.717, 1.165) is 46.6 Å². The topological polar surface area (TPSA) is 72.2 Å². The number of amides is 1. The summed E-state index contributed by atoms with van der Waals surface area (Å²) in [5.74, 6) is 0.300. The van der Waals surface area contributed by atoms with Crippen LogP contribution in [0.1, 0.15) is 39.7 Å². The van der Waals surface area contributed by atoms with Gasteiger partial charge in [0, 0.05) is 34.9 Å². The van der Waals surface area contributed by atoms with Gasteiger partial charge in [-0.2, -0.15) is 9.47 Å². The van der Waals surface area contributed by atoms with E-state index in [0.29, 0.717) is 10.8 Å². The first kappa shape index (κ1) is 16.1. The predicted molar refractivity (Wildman–Crippen MR) is 105 cm³/mol. The summed E-state index contributed by atoms with van der Waals surface area (Å²) in [4.78, 5) is 17.8. The average molecular weight is 375 g/mol. The van der Waals surface area contributed by atoms with Gasteiger partial charge in [-0.15, -0.1) is 0 Å². The first-order chi connectivity index (χ1) is 13.2. The van der Waals surface area contributed by atoms with Crippen LogP contribution < -0.4 is 5.32 Å². The van der Waals surface area contributed by atoms with Crippen molar-refractivity contribution in [2.45, 2.75) is 25.7 Å². The highest BCUT2D eigenvalue weighted by Crippen LogP contribution is 2.47. The van der Waals surface area contributed by atoms with E-state index in [2.05, 4.69) is 19.8 Å². The standard InChI is InChI=1S/C20H17N5OS/c1-12-11-14(6-8-21-12)23-20(26)19-17(13-4-5-13)18(24-27-19)15-3-2-10-25-16(15)7-9-22-25/h2-3,6-11,13H,4-5H2,1H3,(H,21,23,26). The molecular formula is C20H17N5OS. The summed E-state index contributed by atoms with van der Waals surface area (Å²) in [5.41, 5.74) is 5.62. The molecule has 1 aliphatic rings. The summed E-state index contributed by atoms with van der Waals surface area (Å²) in [6, 6.07) is 9.65. The number of nitrogens with one attached hydrogen (secondary N) is 1. The van der Waals surface area contributed by atoms with E-state index in [1.54, 1.807) is 18.5 Å². The molecule has 1 aliphatic carbocycles. The van der Waals surface area contributed by atoms with E-state index < -0.39 is 0 Å². The van der Waals surface area contributed by atoms with Crippen LogP contribution >= 0.6 is 11.5 Å². The van der Waals surface area contributed by atoms with Gasteiger partial charge in [-0.3, -0.25) is 9.78 Å². The zero-order valence-electron chi connectivity index (χ0n) is 14.7. The number of pyridine rings is 2. The Morgan fingerprint density at radius 2 is 2.15 bits per heavy atom. The number of aromatic nitrogens is 4. The largest absolute Gasteiger partial charge is 0.321 e. The fourth-order valence-corrected chi connectivity index (χ4v) is 4.24. The van der Waals surface area contributed by atoms with Gasteiger partial charge in [0.15, 0.2) is 0 Å². The summed E-state index contributed by atoms with van der Waals surface area (Å²) in [6.45, 7) is 1.91. The molecule has 1 amide bonds. The van der Waals surface area contributed by atoms with Gasteiger partial charge in [0.05, 0.1) is 17.4 Å². The monoisotopic (exact) mass is 375 g/mol. The second-order valence-electron chi connectivity index (χ2n) is 6.77. The van der Waals surface area contributed by atoms with Crippen LogP contribution in [-0.4, -0.2) is 24.9 Å². The number of nitrogens with zero attached hydrogens (tertiary/aromatic N) is 4. The molecule has 1 saturated carbocycles. The maximum Gasteiger partial charge on any atom is 0.267 e. The summed E-state index contributed by atoms with van der Waals surface area (Å²) < 4.78 is 6.52. The highest BCUT2D eigenvalue weighted by molar-refractivity contribution is 7.08. The van der Waals surface area contributed by atoms with Crippen molar-refractivity contribution in [1.29, 1.82) is 0 Å². The molecule has 0 aliphatic heterocycles. The van der Waals surface area contributed by atoms with Crippen LogP contribution in [0.3, 0.4) is 0 Å². The Hall–Kier alpha value is -3.06. The maximum absolute atomic E-state index is 13.0. The molecule has 1 fully saturated rings. The van der Waals surface area contributed by atoms with Crippen LogP contribution in [0.5, 0.6) is 0 Å². The minimum absolute atomic E-state index is 0.105. The van der Waals surface area contributed by atoms with Gasteiger partial charge in [-0.25, -0.2) is 4.52 Å². The summed E-state index contributed by atoms with van der Waals surface area (Å²) in [6.07, 6.45) is 7.60. The van der Waals surface area contributed by atoms with Crippen LogP contribution in [0.15, 0.2) is 48.9 Å². The van der Waals surface area contributed by atoms with E-state index >= 15 is 0 Å². The molecule has 4 heterocycles. The van der Waals surface area contributed by atoms with Crippen molar-refractivity contribution in [1.82, 2.24) is 19.0 Å². The quantitative estimate of drug-likeness (QED) is 0.577. The van der Waals surface area contributed by atoms with E-state index in [1.807, 2.05) is 41.9 Å². The number of carbonyl (C=O) groups excluding carboxylic acids is 1. The van der Waals surface area contributed by atoms with Crippen LogP contribution in [0.25, 0.3) is 16.8 Å². The molecule has 0 spiro atoms. The molecule has 0 bridgehead atoms. The van der Waals surface area contributed by atoms with Gasteiger partial charge < -0.3 is 5.32 Å². The maximum atomic E-state index is 13.0. The number of rotatable bonds is 4.